The molecule has 0 spiro atoms. The third-order valence-corrected chi connectivity index (χ3v) is 5.48. The molecule has 0 aromatic carbocycles. The summed E-state index contributed by atoms with van der Waals surface area (Å²) in [6.45, 7) is 9.07. The zero-order valence-corrected chi connectivity index (χ0v) is 16.8. The summed E-state index contributed by atoms with van der Waals surface area (Å²) in [5, 5.41) is 10.2. The number of piperazine rings is 1. The minimum Gasteiger partial charge on any atom is -0.444 e. The average molecular weight is 390 g/mol. The molecule has 2 fully saturated rings. The van der Waals surface area contributed by atoms with Crippen LogP contribution in [0.5, 0.6) is 0 Å². The molecule has 27 heavy (non-hydrogen) atoms. The Bertz CT molecular complexity index is 884. The molecule has 4 heterocycles. The van der Waals surface area contributed by atoms with Crippen LogP contribution < -0.4 is 4.90 Å². The SMILES string of the molecule is Cc1nnc(Cl)c2cc(N3CC4CCC(C3)N4C(=O)OC(C)(C)C)ncc12. The number of aromatic nitrogens is 3. The fraction of sp³-hybridized carbons (Fsp3) is 0.579. The fourth-order valence-electron chi connectivity index (χ4n) is 4.01. The van der Waals surface area contributed by atoms with Crippen LogP contribution in [0.25, 0.3) is 10.8 Å². The van der Waals surface area contributed by atoms with Crippen molar-refractivity contribution in [1.82, 2.24) is 20.1 Å². The van der Waals surface area contributed by atoms with Gasteiger partial charge in [-0.3, -0.25) is 4.90 Å². The third kappa shape index (κ3) is 3.40. The van der Waals surface area contributed by atoms with Crippen LogP contribution in [0.3, 0.4) is 0 Å². The van der Waals surface area contributed by atoms with Crippen LogP contribution in [0.4, 0.5) is 10.6 Å². The van der Waals surface area contributed by atoms with Gasteiger partial charge in [-0.1, -0.05) is 11.6 Å². The minimum atomic E-state index is -0.483. The van der Waals surface area contributed by atoms with Crippen molar-refractivity contribution < 1.29 is 9.53 Å². The molecule has 0 N–H and O–H groups in total. The highest BCUT2D eigenvalue weighted by molar-refractivity contribution is 6.34. The summed E-state index contributed by atoms with van der Waals surface area (Å²) in [5.74, 6) is 0.859. The summed E-state index contributed by atoms with van der Waals surface area (Å²) < 4.78 is 5.61. The Morgan fingerprint density at radius 1 is 1.19 bits per heavy atom. The van der Waals surface area contributed by atoms with Crippen molar-refractivity contribution >= 4 is 34.3 Å². The van der Waals surface area contributed by atoms with E-state index in [0.717, 1.165) is 48.2 Å². The van der Waals surface area contributed by atoms with Gasteiger partial charge in [-0.05, 0) is 46.6 Å². The Kier molecular flexibility index (Phi) is 4.37. The monoisotopic (exact) mass is 389 g/mol. The molecular formula is C19H24ClN5O2. The number of carbonyl (C=O) groups is 1. The predicted molar refractivity (Wildman–Crippen MR) is 104 cm³/mol. The predicted octanol–water partition coefficient (Wildman–Crippen LogP) is 3.57. The van der Waals surface area contributed by atoms with E-state index in [1.165, 1.54) is 0 Å². The lowest BCUT2D eigenvalue weighted by Crippen LogP contribution is -2.57. The van der Waals surface area contributed by atoms with Gasteiger partial charge in [0, 0.05) is 30.1 Å². The number of fused-ring (bicyclic) bond motifs is 3. The lowest BCUT2D eigenvalue weighted by molar-refractivity contribution is 0.0123. The molecule has 0 saturated carbocycles. The second-order valence-electron chi connectivity index (χ2n) is 8.34. The molecule has 4 rings (SSSR count). The molecule has 144 valence electrons. The second-order valence-corrected chi connectivity index (χ2v) is 8.70. The van der Waals surface area contributed by atoms with E-state index in [0.29, 0.717) is 5.15 Å². The van der Waals surface area contributed by atoms with Gasteiger partial charge in [-0.15, -0.1) is 5.10 Å². The first-order chi connectivity index (χ1) is 12.7. The zero-order chi connectivity index (χ0) is 19.3. The molecule has 2 aliphatic heterocycles. The van der Waals surface area contributed by atoms with E-state index in [1.54, 1.807) is 0 Å². The van der Waals surface area contributed by atoms with Crippen LogP contribution in [0.15, 0.2) is 12.3 Å². The third-order valence-electron chi connectivity index (χ3n) is 5.20. The Hall–Kier alpha value is -2.15. The quantitative estimate of drug-likeness (QED) is 0.742. The molecule has 7 nitrogen and oxygen atoms in total. The van der Waals surface area contributed by atoms with Crippen molar-refractivity contribution in [3.05, 3.63) is 23.1 Å². The normalized spacial score (nSPS) is 22.4. The molecule has 2 aromatic heterocycles. The van der Waals surface area contributed by atoms with Crippen LogP contribution in [-0.2, 0) is 4.74 Å². The van der Waals surface area contributed by atoms with Crippen molar-refractivity contribution in [2.24, 2.45) is 0 Å². The summed E-state index contributed by atoms with van der Waals surface area (Å²) >= 11 is 6.25. The minimum absolute atomic E-state index is 0.142. The number of rotatable bonds is 1. The highest BCUT2D eigenvalue weighted by Gasteiger charge is 2.44. The summed E-state index contributed by atoms with van der Waals surface area (Å²) in [4.78, 5) is 21.4. The first-order valence-corrected chi connectivity index (χ1v) is 9.65. The molecule has 1 amide bonds. The maximum atomic E-state index is 12.6. The van der Waals surface area contributed by atoms with Crippen molar-refractivity contribution in [2.75, 3.05) is 18.0 Å². The maximum Gasteiger partial charge on any atom is 0.410 e. The van der Waals surface area contributed by atoms with E-state index in [2.05, 4.69) is 20.1 Å². The molecular weight excluding hydrogens is 366 g/mol. The summed E-state index contributed by atoms with van der Waals surface area (Å²) in [6, 6.07) is 2.26. The van der Waals surface area contributed by atoms with Gasteiger partial charge in [0.2, 0.25) is 0 Å². The number of aryl methyl sites for hydroxylation is 1. The van der Waals surface area contributed by atoms with Crippen molar-refractivity contribution in [3.63, 3.8) is 0 Å². The number of hydrogen-bond acceptors (Lipinski definition) is 6. The van der Waals surface area contributed by atoms with Crippen molar-refractivity contribution in [1.29, 1.82) is 0 Å². The largest absolute Gasteiger partial charge is 0.444 e. The highest BCUT2D eigenvalue weighted by atomic mass is 35.5. The second kappa shape index (κ2) is 6.48. The van der Waals surface area contributed by atoms with E-state index in [4.69, 9.17) is 16.3 Å². The number of anilines is 1. The maximum absolute atomic E-state index is 12.6. The molecule has 2 saturated heterocycles. The highest BCUT2D eigenvalue weighted by Crippen LogP contribution is 2.34. The van der Waals surface area contributed by atoms with E-state index in [9.17, 15) is 4.79 Å². The summed E-state index contributed by atoms with van der Waals surface area (Å²) in [6.07, 6.45) is 3.57. The van der Waals surface area contributed by atoms with Gasteiger partial charge < -0.3 is 9.64 Å². The van der Waals surface area contributed by atoms with Gasteiger partial charge in [0.25, 0.3) is 0 Å². The standard InChI is InChI=1S/C19H24ClN5O2/c1-11-15-8-21-16(7-14(15)17(20)23-22-11)24-9-12-5-6-13(10-24)25(12)18(26)27-19(2,3)4/h7-8,12-13H,5-6,9-10H2,1-4H3. The Balaban J connectivity index is 1.58. The number of hydrogen-bond donors (Lipinski definition) is 0. The molecule has 8 heteroatoms. The summed E-state index contributed by atoms with van der Waals surface area (Å²) in [7, 11) is 0. The molecule has 2 unspecified atom stereocenters. The van der Waals surface area contributed by atoms with Gasteiger partial charge >= 0.3 is 6.09 Å². The number of pyridine rings is 1. The van der Waals surface area contributed by atoms with Crippen LogP contribution in [0, 0.1) is 6.92 Å². The van der Waals surface area contributed by atoms with Crippen molar-refractivity contribution in [2.45, 2.75) is 58.2 Å². The molecule has 0 radical (unpaired) electrons. The van der Waals surface area contributed by atoms with Crippen molar-refractivity contribution in [3.8, 4) is 0 Å². The molecule has 2 aromatic rings. The number of halogens is 1. The van der Waals surface area contributed by atoms with Crippen LogP contribution in [0.1, 0.15) is 39.3 Å². The molecule has 2 aliphatic rings. The Morgan fingerprint density at radius 2 is 1.85 bits per heavy atom. The van der Waals surface area contributed by atoms with E-state index >= 15 is 0 Å². The summed E-state index contributed by atoms with van der Waals surface area (Å²) in [5.41, 5.74) is 0.326. The van der Waals surface area contributed by atoms with E-state index < -0.39 is 5.60 Å². The first-order valence-electron chi connectivity index (χ1n) is 9.28. The number of nitrogens with zero attached hydrogens (tertiary/aromatic N) is 5. The van der Waals surface area contributed by atoms with Gasteiger partial charge in [0.1, 0.15) is 11.4 Å². The van der Waals surface area contributed by atoms with E-state index in [1.807, 2.05) is 44.9 Å². The lowest BCUT2D eigenvalue weighted by atomic mass is 10.1. The zero-order valence-electron chi connectivity index (χ0n) is 16.1. The van der Waals surface area contributed by atoms with Crippen LogP contribution in [-0.4, -0.2) is 56.9 Å². The Labute approximate surface area is 163 Å². The van der Waals surface area contributed by atoms with E-state index in [-0.39, 0.29) is 18.2 Å². The van der Waals surface area contributed by atoms with Crippen LogP contribution >= 0.6 is 11.6 Å². The van der Waals surface area contributed by atoms with Gasteiger partial charge in [-0.2, -0.15) is 5.10 Å². The fourth-order valence-corrected chi connectivity index (χ4v) is 4.20. The van der Waals surface area contributed by atoms with Gasteiger partial charge in [0.15, 0.2) is 5.15 Å². The van der Waals surface area contributed by atoms with Gasteiger partial charge in [0.05, 0.1) is 17.8 Å². The van der Waals surface area contributed by atoms with Gasteiger partial charge in [-0.25, -0.2) is 9.78 Å². The molecule has 2 atom stereocenters. The average Bonchev–Trinajstić information content (AvgIpc) is 2.87. The topological polar surface area (TPSA) is 71.5 Å². The first kappa shape index (κ1) is 18.2. The smallest absolute Gasteiger partial charge is 0.410 e. The lowest BCUT2D eigenvalue weighted by Gasteiger charge is -2.41. The Morgan fingerprint density at radius 3 is 2.48 bits per heavy atom. The molecule has 2 bridgehead atoms. The number of ether oxygens (including phenoxy) is 1. The van der Waals surface area contributed by atoms with Crippen LogP contribution in [0.2, 0.25) is 5.15 Å². The number of carbonyl (C=O) groups excluding carboxylic acids is 1. The molecule has 0 aliphatic carbocycles. The number of amides is 1.